The molecule has 1 aliphatic rings. The lowest BCUT2D eigenvalue weighted by molar-refractivity contribution is -0.137. The van der Waals surface area contributed by atoms with E-state index in [0.717, 1.165) is 18.2 Å². The van der Waals surface area contributed by atoms with Gasteiger partial charge in [0.1, 0.15) is 17.9 Å². The van der Waals surface area contributed by atoms with Gasteiger partial charge >= 0.3 is 12.2 Å². The molecule has 2 aromatic rings. The zero-order valence-corrected chi connectivity index (χ0v) is 16.1. The van der Waals surface area contributed by atoms with Crippen molar-refractivity contribution in [2.24, 2.45) is 0 Å². The molecule has 0 spiro atoms. The van der Waals surface area contributed by atoms with Crippen LogP contribution in [0.1, 0.15) is 18.1 Å². The minimum absolute atomic E-state index is 0.0845. The van der Waals surface area contributed by atoms with Crippen molar-refractivity contribution >= 4 is 35.1 Å². The number of nitrogens with zero attached hydrogens (tertiary/aromatic N) is 1. The van der Waals surface area contributed by atoms with Crippen molar-refractivity contribution in [1.29, 1.82) is 0 Å². The van der Waals surface area contributed by atoms with Gasteiger partial charge in [-0.3, -0.25) is 14.5 Å². The van der Waals surface area contributed by atoms with Crippen LogP contribution in [0.15, 0.2) is 42.5 Å². The van der Waals surface area contributed by atoms with E-state index in [2.05, 4.69) is 10.6 Å². The number of hydrogen-bond donors (Lipinski definition) is 2. The van der Waals surface area contributed by atoms with E-state index in [-0.39, 0.29) is 11.3 Å². The van der Waals surface area contributed by atoms with E-state index < -0.39 is 52.5 Å². The van der Waals surface area contributed by atoms with Crippen LogP contribution in [0.4, 0.5) is 28.0 Å². The summed E-state index contributed by atoms with van der Waals surface area (Å²) in [6.07, 6.45) is -4.73. The molecular formula is C19H14ClF4N3O3. The second-order valence-corrected chi connectivity index (χ2v) is 7.07. The zero-order chi connectivity index (χ0) is 22.3. The molecule has 0 saturated carbocycles. The molecule has 158 valence electrons. The van der Waals surface area contributed by atoms with E-state index in [1.807, 2.05) is 0 Å². The quantitative estimate of drug-likeness (QED) is 0.555. The maximum atomic E-state index is 14.1. The molecule has 0 bridgehead atoms. The van der Waals surface area contributed by atoms with E-state index in [4.69, 9.17) is 11.6 Å². The third-order valence-corrected chi connectivity index (χ3v) is 4.87. The molecule has 11 heteroatoms. The van der Waals surface area contributed by atoms with Crippen LogP contribution in [0, 0.1) is 5.82 Å². The predicted octanol–water partition coefficient (Wildman–Crippen LogP) is 3.90. The molecule has 4 amide bonds. The summed E-state index contributed by atoms with van der Waals surface area (Å²) >= 11 is 5.53. The van der Waals surface area contributed by atoms with E-state index in [1.54, 1.807) is 0 Å². The number of amides is 4. The van der Waals surface area contributed by atoms with Crippen molar-refractivity contribution in [3.63, 3.8) is 0 Å². The number of anilines is 1. The Balaban J connectivity index is 1.77. The second kappa shape index (κ2) is 7.60. The summed E-state index contributed by atoms with van der Waals surface area (Å²) in [7, 11) is 0. The summed E-state index contributed by atoms with van der Waals surface area (Å²) in [6.45, 7) is 0.511. The SMILES string of the molecule is CC1(c2ccccc2F)NC(=O)N(CC(=O)Nc2ccc(Cl)c(C(F)(F)F)c2)C1=O. The number of imide groups is 1. The minimum atomic E-state index is -4.73. The van der Waals surface area contributed by atoms with Gasteiger partial charge in [0, 0.05) is 11.3 Å². The van der Waals surface area contributed by atoms with Crippen LogP contribution < -0.4 is 10.6 Å². The Morgan fingerprint density at radius 2 is 1.87 bits per heavy atom. The summed E-state index contributed by atoms with van der Waals surface area (Å²) < 4.78 is 53.0. The van der Waals surface area contributed by atoms with Crippen molar-refractivity contribution in [2.75, 3.05) is 11.9 Å². The Morgan fingerprint density at radius 3 is 2.50 bits per heavy atom. The standard InChI is InChI=1S/C19H14ClF4N3O3/c1-18(11-4-2-3-5-14(11)21)16(29)27(17(30)26-18)9-15(28)25-10-6-7-13(20)12(8-10)19(22,23)24/h2-8H,9H2,1H3,(H,25,28)(H,26,30). The number of rotatable bonds is 4. The molecule has 1 unspecified atom stereocenters. The third-order valence-electron chi connectivity index (χ3n) is 4.54. The van der Waals surface area contributed by atoms with Gasteiger partial charge in [-0.1, -0.05) is 29.8 Å². The first-order chi connectivity index (χ1) is 13.9. The van der Waals surface area contributed by atoms with Crippen LogP contribution in [0.3, 0.4) is 0 Å². The van der Waals surface area contributed by atoms with Crippen LogP contribution in [0.2, 0.25) is 5.02 Å². The smallest absolute Gasteiger partial charge is 0.325 e. The van der Waals surface area contributed by atoms with E-state index in [1.165, 1.54) is 25.1 Å². The number of carbonyl (C=O) groups is 3. The van der Waals surface area contributed by atoms with Crippen LogP contribution in [0.5, 0.6) is 0 Å². The topological polar surface area (TPSA) is 78.5 Å². The number of halogens is 5. The molecule has 2 aromatic carbocycles. The van der Waals surface area contributed by atoms with Crippen LogP contribution in [-0.2, 0) is 21.3 Å². The Hall–Kier alpha value is -3.14. The van der Waals surface area contributed by atoms with Gasteiger partial charge in [0.25, 0.3) is 5.91 Å². The first kappa shape index (κ1) is 21.6. The lowest BCUT2D eigenvalue weighted by atomic mass is 9.91. The Labute approximate surface area is 172 Å². The molecule has 0 aliphatic carbocycles. The Kier molecular flexibility index (Phi) is 5.46. The van der Waals surface area contributed by atoms with E-state index in [0.29, 0.717) is 11.0 Å². The van der Waals surface area contributed by atoms with Crippen molar-refractivity contribution in [2.45, 2.75) is 18.6 Å². The fraction of sp³-hybridized carbons (Fsp3) is 0.211. The van der Waals surface area contributed by atoms with Gasteiger partial charge in [-0.15, -0.1) is 0 Å². The van der Waals surface area contributed by atoms with Crippen LogP contribution in [-0.4, -0.2) is 29.3 Å². The third kappa shape index (κ3) is 3.95. The van der Waals surface area contributed by atoms with Gasteiger partial charge in [0.2, 0.25) is 5.91 Å². The largest absolute Gasteiger partial charge is 0.417 e. The summed E-state index contributed by atoms with van der Waals surface area (Å²) in [4.78, 5) is 37.8. The number of nitrogens with one attached hydrogen (secondary N) is 2. The van der Waals surface area contributed by atoms with Gasteiger partial charge in [-0.25, -0.2) is 9.18 Å². The van der Waals surface area contributed by atoms with Crippen molar-refractivity contribution < 1.29 is 31.9 Å². The highest BCUT2D eigenvalue weighted by atomic mass is 35.5. The number of hydrogen-bond acceptors (Lipinski definition) is 3. The van der Waals surface area contributed by atoms with E-state index in [9.17, 15) is 31.9 Å². The summed E-state index contributed by atoms with van der Waals surface area (Å²) in [5.74, 6) is -2.52. The normalized spacial score (nSPS) is 19.1. The average molecular weight is 444 g/mol. The van der Waals surface area contributed by atoms with Gasteiger partial charge < -0.3 is 10.6 Å². The molecule has 2 N–H and O–H groups in total. The fourth-order valence-corrected chi connectivity index (χ4v) is 3.28. The van der Waals surface area contributed by atoms with Crippen LogP contribution in [0.25, 0.3) is 0 Å². The van der Waals surface area contributed by atoms with Gasteiger partial charge in [-0.2, -0.15) is 13.2 Å². The molecule has 0 radical (unpaired) electrons. The molecule has 1 saturated heterocycles. The summed E-state index contributed by atoms with van der Waals surface area (Å²) in [5, 5.41) is 3.98. The first-order valence-electron chi connectivity index (χ1n) is 8.49. The van der Waals surface area contributed by atoms with Crippen molar-refractivity contribution in [3.05, 3.63) is 64.4 Å². The maximum Gasteiger partial charge on any atom is 0.417 e. The number of benzene rings is 2. The highest BCUT2D eigenvalue weighted by Crippen LogP contribution is 2.36. The Morgan fingerprint density at radius 1 is 1.20 bits per heavy atom. The summed E-state index contributed by atoms with van der Waals surface area (Å²) in [5.41, 5.74) is -3.18. The fourth-order valence-electron chi connectivity index (χ4n) is 3.05. The van der Waals surface area contributed by atoms with Gasteiger partial charge in [0.15, 0.2) is 0 Å². The number of carbonyl (C=O) groups excluding carboxylic acids is 3. The number of urea groups is 1. The maximum absolute atomic E-state index is 14.1. The molecule has 1 aliphatic heterocycles. The molecule has 1 atom stereocenters. The van der Waals surface area contributed by atoms with Gasteiger partial charge in [0.05, 0.1) is 10.6 Å². The molecule has 1 fully saturated rings. The van der Waals surface area contributed by atoms with E-state index >= 15 is 0 Å². The average Bonchev–Trinajstić information content (AvgIpc) is 2.86. The van der Waals surface area contributed by atoms with Crippen LogP contribution >= 0.6 is 11.6 Å². The highest BCUT2D eigenvalue weighted by Gasteiger charge is 2.50. The Bertz CT molecular complexity index is 1040. The molecule has 6 nitrogen and oxygen atoms in total. The second-order valence-electron chi connectivity index (χ2n) is 6.67. The first-order valence-corrected chi connectivity index (χ1v) is 8.87. The molecule has 1 heterocycles. The van der Waals surface area contributed by atoms with Crippen molar-refractivity contribution in [1.82, 2.24) is 10.2 Å². The van der Waals surface area contributed by atoms with Gasteiger partial charge in [-0.05, 0) is 31.2 Å². The lowest BCUT2D eigenvalue weighted by Crippen LogP contribution is -2.42. The zero-order valence-electron chi connectivity index (χ0n) is 15.3. The number of alkyl halides is 3. The summed E-state index contributed by atoms with van der Waals surface area (Å²) in [6, 6.07) is 7.14. The molecular weight excluding hydrogens is 430 g/mol. The predicted molar refractivity (Wildman–Crippen MR) is 99.1 cm³/mol. The monoisotopic (exact) mass is 443 g/mol. The lowest BCUT2D eigenvalue weighted by Gasteiger charge is -2.22. The minimum Gasteiger partial charge on any atom is -0.325 e. The molecule has 30 heavy (non-hydrogen) atoms. The molecule has 3 rings (SSSR count). The molecule has 0 aromatic heterocycles. The highest BCUT2D eigenvalue weighted by molar-refractivity contribution is 6.31. The van der Waals surface area contributed by atoms with Crippen molar-refractivity contribution in [3.8, 4) is 0 Å².